The third-order valence-electron chi connectivity index (χ3n) is 2.82. The molecule has 0 saturated heterocycles. The number of hydrogen-bond donors (Lipinski definition) is 1. The summed E-state index contributed by atoms with van der Waals surface area (Å²) in [7, 11) is 0. The number of carboxylic acid groups (broad SMARTS) is 1. The second kappa shape index (κ2) is 5.89. The van der Waals surface area contributed by atoms with E-state index in [2.05, 4.69) is 15.9 Å². The zero-order valence-electron chi connectivity index (χ0n) is 9.96. The molecule has 0 spiro atoms. The maximum Gasteiger partial charge on any atom is 0.336 e. The van der Waals surface area contributed by atoms with Crippen molar-refractivity contribution in [2.75, 3.05) is 0 Å². The second-order valence-corrected chi connectivity index (χ2v) is 5.35. The molecule has 0 fully saturated rings. The van der Waals surface area contributed by atoms with E-state index in [0.29, 0.717) is 10.6 Å². The van der Waals surface area contributed by atoms with Crippen LogP contribution in [0.4, 0.5) is 8.78 Å². The third kappa shape index (κ3) is 2.83. The topological polar surface area (TPSA) is 37.3 Å². The van der Waals surface area contributed by atoms with Crippen molar-refractivity contribution >= 4 is 33.5 Å². The van der Waals surface area contributed by atoms with Crippen LogP contribution in [-0.4, -0.2) is 11.1 Å². The van der Waals surface area contributed by atoms with Crippen LogP contribution in [0.25, 0.3) is 0 Å². The van der Waals surface area contributed by atoms with Gasteiger partial charge in [-0.2, -0.15) is 0 Å². The van der Waals surface area contributed by atoms with Gasteiger partial charge < -0.3 is 5.11 Å². The molecular formula is C14H8BrClF2O2. The van der Waals surface area contributed by atoms with Gasteiger partial charge in [0.2, 0.25) is 0 Å². The summed E-state index contributed by atoms with van der Waals surface area (Å²) in [6, 6.07) is 7.67. The minimum Gasteiger partial charge on any atom is -0.478 e. The molecule has 0 heterocycles. The fourth-order valence-corrected chi connectivity index (χ4v) is 2.43. The zero-order valence-corrected chi connectivity index (χ0v) is 12.3. The molecule has 2 aromatic rings. The van der Waals surface area contributed by atoms with Crippen LogP contribution in [0.2, 0.25) is 5.02 Å². The van der Waals surface area contributed by atoms with Crippen molar-refractivity contribution in [1.82, 2.24) is 0 Å². The Hall–Kier alpha value is -1.46. The minimum atomic E-state index is -1.33. The van der Waals surface area contributed by atoms with Crippen molar-refractivity contribution in [1.29, 1.82) is 0 Å². The van der Waals surface area contributed by atoms with Gasteiger partial charge in [0, 0.05) is 17.0 Å². The number of carboxylic acids is 1. The second-order valence-electron chi connectivity index (χ2n) is 4.09. The van der Waals surface area contributed by atoms with Crippen LogP contribution < -0.4 is 0 Å². The van der Waals surface area contributed by atoms with Crippen LogP contribution in [0, 0.1) is 11.6 Å². The highest BCUT2D eigenvalue weighted by Gasteiger charge is 2.21. The Kier molecular flexibility index (Phi) is 4.40. The fourth-order valence-electron chi connectivity index (χ4n) is 1.83. The van der Waals surface area contributed by atoms with E-state index in [1.165, 1.54) is 0 Å². The minimum absolute atomic E-state index is 0.0999. The third-order valence-corrected chi connectivity index (χ3v) is 3.76. The van der Waals surface area contributed by atoms with E-state index in [1.54, 1.807) is 24.3 Å². The molecule has 2 aromatic carbocycles. The number of carbonyl (C=O) groups is 1. The van der Waals surface area contributed by atoms with E-state index in [0.717, 1.165) is 6.07 Å². The van der Waals surface area contributed by atoms with E-state index >= 15 is 0 Å². The predicted molar refractivity (Wildman–Crippen MR) is 75.3 cm³/mol. The van der Waals surface area contributed by atoms with Gasteiger partial charge >= 0.3 is 5.97 Å². The Morgan fingerprint density at radius 3 is 2.50 bits per heavy atom. The summed E-state index contributed by atoms with van der Waals surface area (Å²) in [5.74, 6) is -3.62. The van der Waals surface area contributed by atoms with Gasteiger partial charge in [-0.15, -0.1) is 0 Å². The predicted octanol–water partition coefficient (Wildman–Crippen LogP) is 4.67. The first kappa shape index (κ1) is 14.9. The monoisotopic (exact) mass is 360 g/mol. The summed E-state index contributed by atoms with van der Waals surface area (Å²) >= 11 is 8.75. The molecule has 0 aromatic heterocycles. The lowest BCUT2D eigenvalue weighted by molar-refractivity contribution is 0.0695. The first-order valence-electron chi connectivity index (χ1n) is 5.55. The molecule has 6 heteroatoms. The van der Waals surface area contributed by atoms with Crippen LogP contribution >= 0.6 is 27.5 Å². The van der Waals surface area contributed by atoms with Crippen molar-refractivity contribution in [2.45, 2.75) is 6.42 Å². The Labute approximate surface area is 127 Å². The molecule has 0 amide bonds. The molecule has 0 aliphatic heterocycles. The largest absolute Gasteiger partial charge is 0.478 e. The summed E-state index contributed by atoms with van der Waals surface area (Å²) in [4.78, 5) is 11.2. The summed E-state index contributed by atoms with van der Waals surface area (Å²) in [6.07, 6.45) is -0.0999. The number of aromatic carboxylic acids is 1. The Bertz CT molecular complexity index is 689. The first-order valence-corrected chi connectivity index (χ1v) is 6.72. The number of hydrogen-bond acceptors (Lipinski definition) is 1. The van der Waals surface area contributed by atoms with Crippen molar-refractivity contribution in [3.05, 3.63) is 68.2 Å². The number of rotatable bonds is 3. The molecule has 1 N–H and O–H groups in total. The molecule has 0 atom stereocenters. The van der Waals surface area contributed by atoms with Gasteiger partial charge in [-0.3, -0.25) is 0 Å². The maximum atomic E-state index is 14.0. The maximum absolute atomic E-state index is 14.0. The Balaban J connectivity index is 2.59. The fraction of sp³-hybridized carbons (Fsp3) is 0.0714. The van der Waals surface area contributed by atoms with Gasteiger partial charge in [0.05, 0.1) is 10.0 Å². The van der Waals surface area contributed by atoms with Crippen LogP contribution in [0.5, 0.6) is 0 Å². The highest BCUT2D eigenvalue weighted by molar-refractivity contribution is 9.10. The molecule has 2 rings (SSSR count). The zero-order chi connectivity index (χ0) is 14.9. The first-order chi connectivity index (χ1) is 9.41. The van der Waals surface area contributed by atoms with Gasteiger partial charge in [-0.25, -0.2) is 13.6 Å². The van der Waals surface area contributed by atoms with E-state index in [9.17, 15) is 13.6 Å². The Morgan fingerprint density at radius 1 is 1.25 bits per heavy atom. The molecule has 0 unspecified atom stereocenters. The van der Waals surface area contributed by atoms with Gasteiger partial charge in [-0.05, 0) is 33.6 Å². The smallest absolute Gasteiger partial charge is 0.336 e. The van der Waals surface area contributed by atoms with Crippen molar-refractivity contribution in [2.24, 2.45) is 0 Å². The van der Waals surface area contributed by atoms with Crippen LogP contribution in [-0.2, 0) is 6.42 Å². The lowest BCUT2D eigenvalue weighted by atomic mass is 9.99. The molecule has 2 nitrogen and oxygen atoms in total. The molecule has 0 radical (unpaired) electrons. The summed E-state index contributed by atoms with van der Waals surface area (Å²) < 4.78 is 27.4. The summed E-state index contributed by atoms with van der Waals surface area (Å²) in [6.45, 7) is 0. The van der Waals surface area contributed by atoms with E-state index in [1.807, 2.05) is 0 Å². The quantitative estimate of drug-likeness (QED) is 0.807. The van der Waals surface area contributed by atoms with E-state index < -0.39 is 17.6 Å². The number of halogens is 4. The average Bonchev–Trinajstić information content (AvgIpc) is 2.41. The Morgan fingerprint density at radius 2 is 1.90 bits per heavy atom. The molecular weight excluding hydrogens is 354 g/mol. The van der Waals surface area contributed by atoms with Crippen LogP contribution in [0.15, 0.2) is 34.8 Å². The average molecular weight is 362 g/mol. The highest BCUT2D eigenvalue weighted by atomic mass is 79.9. The molecule has 0 aliphatic rings. The van der Waals surface area contributed by atoms with Crippen molar-refractivity contribution < 1.29 is 18.7 Å². The number of benzene rings is 2. The molecule has 0 saturated carbocycles. The lowest BCUT2D eigenvalue weighted by Gasteiger charge is -2.11. The van der Waals surface area contributed by atoms with Crippen molar-refractivity contribution in [3.63, 3.8) is 0 Å². The lowest BCUT2D eigenvalue weighted by Crippen LogP contribution is -2.08. The van der Waals surface area contributed by atoms with Crippen LogP contribution in [0.3, 0.4) is 0 Å². The molecule has 20 heavy (non-hydrogen) atoms. The van der Waals surface area contributed by atoms with Gasteiger partial charge in [0.25, 0.3) is 0 Å². The van der Waals surface area contributed by atoms with Crippen molar-refractivity contribution in [3.8, 4) is 0 Å². The van der Waals surface area contributed by atoms with Crippen LogP contribution in [0.1, 0.15) is 21.5 Å². The van der Waals surface area contributed by atoms with Gasteiger partial charge in [0.15, 0.2) is 11.6 Å². The van der Waals surface area contributed by atoms with E-state index in [-0.39, 0.29) is 22.0 Å². The summed E-state index contributed by atoms with van der Waals surface area (Å²) in [5, 5.41) is 9.48. The van der Waals surface area contributed by atoms with E-state index in [4.69, 9.17) is 16.7 Å². The molecule has 0 aliphatic carbocycles. The normalized spacial score (nSPS) is 10.6. The highest BCUT2D eigenvalue weighted by Crippen LogP contribution is 2.28. The van der Waals surface area contributed by atoms with Gasteiger partial charge in [0.1, 0.15) is 0 Å². The standard InChI is InChI=1S/C14H8BrClF2O2/c15-10-6-9(14(19)20)8(12(17)13(10)18)5-7-3-1-2-4-11(7)16/h1-4,6H,5H2,(H,19,20). The molecule has 104 valence electrons. The molecule has 0 bridgehead atoms. The summed E-state index contributed by atoms with van der Waals surface area (Å²) in [5.41, 5.74) is -0.000663. The SMILES string of the molecule is O=C(O)c1cc(Br)c(F)c(F)c1Cc1ccccc1Cl. The van der Waals surface area contributed by atoms with Gasteiger partial charge in [-0.1, -0.05) is 29.8 Å².